The average Bonchev–Trinajstić information content (AvgIpc) is 2.41. The fourth-order valence-corrected chi connectivity index (χ4v) is 1.89. The van der Waals surface area contributed by atoms with E-state index in [0.717, 1.165) is 0 Å². The molecule has 6 heteroatoms. The van der Waals surface area contributed by atoms with E-state index < -0.39 is 4.92 Å². The predicted molar refractivity (Wildman–Crippen MR) is 76.6 cm³/mol. The monoisotopic (exact) mass is 294 g/mol. The van der Waals surface area contributed by atoms with Gasteiger partial charge in [0.15, 0.2) is 0 Å². The van der Waals surface area contributed by atoms with Crippen molar-refractivity contribution in [2.24, 2.45) is 0 Å². The molecule has 0 aliphatic carbocycles. The molecule has 0 saturated carbocycles. The summed E-state index contributed by atoms with van der Waals surface area (Å²) in [6.07, 6.45) is 0. The van der Waals surface area contributed by atoms with Crippen LogP contribution in [0.4, 0.5) is 15.8 Å². The van der Waals surface area contributed by atoms with E-state index in [0.29, 0.717) is 21.8 Å². The Bertz CT molecular complexity index is 662. The van der Waals surface area contributed by atoms with Gasteiger partial charge in [0.2, 0.25) is 0 Å². The predicted octanol–water partition coefficient (Wildman–Crippen LogP) is 4.31. The van der Waals surface area contributed by atoms with Gasteiger partial charge in [0.1, 0.15) is 5.82 Å². The van der Waals surface area contributed by atoms with Crippen molar-refractivity contribution in [3.63, 3.8) is 0 Å². The first-order chi connectivity index (χ1) is 9.47. The van der Waals surface area contributed by atoms with Gasteiger partial charge in [-0.3, -0.25) is 10.1 Å². The van der Waals surface area contributed by atoms with Crippen LogP contribution in [0.25, 0.3) is 0 Å². The molecule has 2 aromatic rings. The number of non-ortho nitro benzene ring substituents is 1. The molecule has 0 aromatic heterocycles. The number of nitrogens with one attached hydrogen (secondary N) is 1. The average molecular weight is 295 g/mol. The van der Waals surface area contributed by atoms with Gasteiger partial charge in [0.05, 0.1) is 4.92 Å². The number of nitrogens with zero attached hydrogens (tertiary/aromatic N) is 1. The summed E-state index contributed by atoms with van der Waals surface area (Å²) >= 11 is 5.99. The summed E-state index contributed by atoms with van der Waals surface area (Å²) in [6, 6.07) is 9.00. The van der Waals surface area contributed by atoms with Gasteiger partial charge in [-0.1, -0.05) is 17.7 Å². The van der Waals surface area contributed by atoms with Gasteiger partial charge in [-0.2, -0.15) is 0 Å². The van der Waals surface area contributed by atoms with Crippen LogP contribution in [0, 0.1) is 22.9 Å². The van der Waals surface area contributed by atoms with Gasteiger partial charge < -0.3 is 5.32 Å². The summed E-state index contributed by atoms with van der Waals surface area (Å²) in [5, 5.41) is 14.1. The van der Waals surface area contributed by atoms with E-state index in [4.69, 9.17) is 11.6 Å². The van der Waals surface area contributed by atoms with Crippen LogP contribution in [-0.2, 0) is 6.54 Å². The van der Waals surface area contributed by atoms with Gasteiger partial charge in [-0.15, -0.1) is 0 Å². The molecule has 2 rings (SSSR count). The lowest BCUT2D eigenvalue weighted by Gasteiger charge is -2.09. The first-order valence-corrected chi connectivity index (χ1v) is 6.28. The van der Waals surface area contributed by atoms with Gasteiger partial charge in [-0.25, -0.2) is 4.39 Å². The fraction of sp³-hybridized carbons (Fsp3) is 0.143. The second kappa shape index (κ2) is 5.88. The number of benzene rings is 2. The third kappa shape index (κ3) is 3.24. The molecular weight excluding hydrogens is 283 g/mol. The van der Waals surface area contributed by atoms with Crippen molar-refractivity contribution in [2.45, 2.75) is 13.5 Å². The number of nitro groups is 1. The van der Waals surface area contributed by atoms with Crippen LogP contribution in [0.1, 0.15) is 11.1 Å². The summed E-state index contributed by atoms with van der Waals surface area (Å²) in [5.41, 5.74) is 1.71. The Morgan fingerprint density at radius 2 is 2.05 bits per heavy atom. The van der Waals surface area contributed by atoms with Crippen molar-refractivity contribution in [1.29, 1.82) is 0 Å². The minimum absolute atomic E-state index is 0.0266. The van der Waals surface area contributed by atoms with Crippen LogP contribution in [0.15, 0.2) is 36.4 Å². The smallest absolute Gasteiger partial charge is 0.269 e. The van der Waals surface area contributed by atoms with Crippen LogP contribution >= 0.6 is 11.6 Å². The molecule has 0 heterocycles. The van der Waals surface area contributed by atoms with Gasteiger partial charge in [0.25, 0.3) is 5.69 Å². The molecule has 0 radical (unpaired) electrons. The molecule has 1 N–H and O–H groups in total. The summed E-state index contributed by atoms with van der Waals surface area (Å²) in [6.45, 7) is 1.96. The molecule has 0 fully saturated rings. The SMILES string of the molecule is Cc1ccc(NCc2cc([N+](=O)[O-])ccc2Cl)cc1F. The number of hydrogen-bond donors (Lipinski definition) is 1. The topological polar surface area (TPSA) is 55.2 Å². The molecule has 0 saturated heterocycles. The van der Waals surface area contributed by atoms with Gasteiger partial charge in [-0.05, 0) is 36.2 Å². The maximum absolute atomic E-state index is 13.4. The summed E-state index contributed by atoms with van der Waals surface area (Å²) in [4.78, 5) is 10.2. The van der Waals surface area contributed by atoms with Crippen molar-refractivity contribution in [1.82, 2.24) is 0 Å². The fourth-order valence-electron chi connectivity index (χ4n) is 1.71. The van der Waals surface area contributed by atoms with Gasteiger partial charge in [0, 0.05) is 29.4 Å². The molecule has 0 spiro atoms. The molecule has 0 aliphatic heterocycles. The van der Waals surface area contributed by atoms with Crippen molar-refractivity contribution < 1.29 is 9.31 Å². The molecule has 4 nitrogen and oxygen atoms in total. The second-order valence-electron chi connectivity index (χ2n) is 4.35. The highest BCUT2D eigenvalue weighted by Crippen LogP contribution is 2.23. The first kappa shape index (κ1) is 14.3. The normalized spacial score (nSPS) is 10.3. The van der Waals surface area contributed by atoms with E-state index in [-0.39, 0.29) is 18.0 Å². The van der Waals surface area contributed by atoms with E-state index in [9.17, 15) is 14.5 Å². The van der Waals surface area contributed by atoms with Crippen molar-refractivity contribution >= 4 is 23.0 Å². The lowest BCUT2D eigenvalue weighted by Crippen LogP contribution is -2.01. The Balaban J connectivity index is 2.15. The Hall–Kier alpha value is -2.14. The standard InChI is InChI=1S/C14H12ClFN2O2/c1-9-2-3-11(7-14(9)16)17-8-10-6-12(18(19)20)4-5-13(10)15/h2-7,17H,8H2,1H3. The largest absolute Gasteiger partial charge is 0.381 e. The Kier molecular flexibility index (Phi) is 4.20. The molecule has 0 atom stereocenters. The maximum atomic E-state index is 13.4. The lowest BCUT2D eigenvalue weighted by molar-refractivity contribution is -0.384. The highest BCUT2D eigenvalue weighted by Gasteiger charge is 2.09. The van der Waals surface area contributed by atoms with E-state index in [1.54, 1.807) is 19.1 Å². The van der Waals surface area contributed by atoms with Crippen LogP contribution < -0.4 is 5.32 Å². The minimum atomic E-state index is -0.481. The molecule has 0 unspecified atom stereocenters. The highest BCUT2D eigenvalue weighted by atomic mass is 35.5. The van der Waals surface area contributed by atoms with Crippen LogP contribution in [0.5, 0.6) is 0 Å². The zero-order valence-electron chi connectivity index (χ0n) is 10.7. The van der Waals surface area contributed by atoms with Gasteiger partial charge >= 0.3 is 0 Å². The molecule has 0 aliphatic rings. The third-order valence-electron chi connectivity index (χ3n) is 2.89. The van der Waals surface area contributed by atoms with Crippen LogP contribution in [0.2, 0.25) is 5.02 Å². The molecular formula is C14H12ClFN2O2. The number of rotatable bonds is 4. The Morgan fingerprint density at radius 3 is 2.70 bits per heavy atom. The van der Waals surface area contributed by atoms with E-state index in [1.165, 1.54) is 24.3 Å². The number of anilines is 1. The summed E-state index contributed by atoms with van der Waals surface area (Å²) in [5.74, 6) is -0.305. The quantitative estimate of drug-likeness (QED) is 0.675. The molecule has 20 heavy (non-hydrogen) atoms. The van der Waals surface area contributed by atoms with E-state index >= 15 is 0 Å². The van der Waals surface area contributed by atoms with Crippen LogP contribution in [0.3, 0.4) is 0 Å². The van der Waals surface area contributed by atoms with Crippen LogP contribution in [-0.4, -0.2) is 4.92 Å². The number of hydrogen-bond acceptors (Lipinski definition) is 3. The highest BCUT2D eigenvalue weighted by molar-refractivity contribution is 6.31. The molecule has 2 aromatic carbocycles. The lowest BCUT2D eigenvalue weighted by atomic mass is 10.2. The Labute approximate surface area is 120 Å². The Morgan fingerprint density at radius 1 is 1.30 bits per heavy atom. The van der Waals surface area contributed by atoms with E-state index in [2.05, 4.69) is 5.32 Å². The zero-order valence-corrected chi connectivity index (χ0v) is 11.4. The maximum Gasteiger partial charge on any atom is 0.269 e. The number of aryl methyl sites for hydroxylation is 1. The molecule has 104 valence electrons. The third-order valence-corrected chi connectivity index (χ3v) is 3.26. The summed E-state index contributed by atoms with van der Waals surface area (Å²) in [7, 11) is 0. The zero-order chi connectivity index (χ0) is 14.7. The number of halogens is 2. The molecule has 0 amide bonds. The first-order valence-electron chi connectivity index (χ1n) is 5.90. The minimum Gasteiger partial charge on any atom is -0.381 e. The van der Waals surface area contributed by atoms with Crippen molar-refractivity contribution in [2.75, 3.05) is 5.32 Å². The van der Waals surface area contributed by atoms with E-state index in [1.807, 2.05) is 0 Å². The summed E-state index contributed by atoms with van der Waals surface area (Å²) < 4.78 is 13.4. The molecule has 0 bridgehead atoms. The second-order valence-corrected chi connectivity index (χ2v) is 4.76. The number of nitro benzene ring substituents is 1. The van der Waals surface area contributed by atoms with Crippen molar-refractivity contribution in [3.8, 4) is 0 Å². The van der Waals surface area contributed by atoms with Crippen molar-refractivity contribution in [3.05, 3.63) is 68.5 Å².